The Hall–Kier alpha value is -3.40. The molecule has 26 heavy (non-hydrogen) atoms. The summed E-state index contributed by atoms with van der Waals surface area (Å²) >= 11 is 0. The molecule has 0 fully saturated rings. The number of amides is 1. The molecule has 0 bridgehead atoms. The van der Waals surface area contributed by atoms with Gasteiger partial charge in [-0.1, -0.05) is 54.6 Å². The minimum absolute atomic E-state index is 0.00748. The van der Waals surface area contributed by atoms with E-state index in [0.29, 0.717) is 6.54 Å². The van der Waals surface area contributed by atoms with Gasteiger partial charge in [-0.15, -0.1) is 0 Å². The number of carbonyl (C=O) groups excluding carboxylic acids is 1. The highest BCUT2D eigenvalue weighted by molar-refractivity contribution is 6.00. The van der Waals surface area contributed by atoms with Gasteiger partial charge in [0.25, 0.3) is 5.91 Å². The van der Waals surface area contributed by atoms with Crippen LogP contribution >= 0.6 is 0 Å². The van der Waals surface area contributed by atoms with Crippen molar-refractivity contribution in [2.45, 2.75) is 6.42 Å². The van der Waals surface area contributed by atoms with Crippen LogP contribution in [0.3, 0.4) is 0 Å². The smallest absolute Gasteiger partial charge is 0.253 e. The van der Waals surface area contributed by atoms with Crippen molar-refractivity contribution in [2.24, 2.45) is 0 Å². The minimum Gasteiger partial charge on any atom is -0.358 e. The third-order valence-electron chi connectivity index (χ3n) is 4.88. The number of aromatic amines is 1. The van der Waals surface area contributed by atoms with Crippen LogP contribution in [0, 0.1) is 0 Å². The Labute approximate surface area is 150 Å². The van der Waals surface area contributed by atoms with E-state index in [9.17, 15) is 4.79 Å². The molecule has 1 aliphatic rings. The van der Waals surface area contributed by atoms with Crippen molar-refractivity contribution in [1.82, 2.24) is 15.3 Å². The Morgan fingerprint density at radius 1 is 0.885 bits per heavy atom. The average Bonchev–Trinajstić information content (AvgIpc) is 3.13. The maximum Gasteiger partial charge on any atom is 0.253 e. The molecule has 0 saturated heterocycles. The lowest BCUT2D eigenvalue weighted by atomic mass is 10.0. The van der Waals surface area contributed by atoms with Gasteiger partial charge in [0, 0.05) is 40.9 Å². The number of H-pyrrole nitrogens is 1. The van der Waals surface area contributed by atoms with E-state index in [1.807, 2.05) is 30.3 Å². The highest BCUT2D eigenvalue weighted by Crippen LogP contribution is 2.31. The van der Waals surface area contributed by atoms with Crippen LogP contribution < -0.4 is 5.32 Å². The highest BCUT2D eigenvalue weighted by atomic mass is 16.1. The van der Waals surface area contributed by atoms with E-state index in [4.69, 9.17) is 4.98 Å². The van der Waals surface area contributed by atoms with Crippen LogP contribution in [-0.2, 0) is 6.42 Å². The van der Waals surface area contributed by atoms with Crippen molar-refractivity contribution in [3.63, 3.8) is 0 Å². The lowest BCUT2D eigenvalue weighted by Gasteiger charge is -2.11. The molecule has 4 aromatic rings. The van der Waals surface area contributed by atoms with Crippen molar-refractivity contribution in [3.8, 4) is 22.5 Å². The number of nitrogens with one attached hydrogen (secondary N) is 2. The second-order valence-electron chi connectivity index (χ2n) is 6.52. The Bertz CT molecular complexity index is 1130. The first-order valence-corrected chi connectivity index (χ1v) is 8.75. The Balaban J connectivity index is 1.69. The summed E-state index contributed by atoms with van der Waals surface area (Å²) < 4.78 is 0. The number of rotatable bonds is 2. The molecule has 2 aromatic carbocycles. The number of hydrogen-bond donors (Lipinski definition) is 2. The largest absolute Gasteiger partial charge is 0.358 e. The number of aromatic nitrogens is 2. The summed E-state index contributed by atoms with van der Waals surface area (Å²) in [6.07, 6.45) is 0.828. The van der Waals surface area contributed by atoms with Gasteiger partial charge in [0.1, 0.15) is 0 Å². The summed E-state index contributed by atoms with van der Waals surface area (Å²) in [5.74, 6) is -0.00748. The van der Waals surface area contributed by atoms with Gasteiger partial charge in [-0.2, -0.15) is 0 Å². The topological polar surface area (TPSA) is 57.8 Å². The lowest BCUT2D eigenvalue weighted by molar-refractivity contribution is 0.0946. The molecule has 4 heteroatoms. The molecule has 0 spiro atoms. The standard InChI is InChI=1S/C22H17N3O/c26-22-17-13-20(24-19(17)11-12-23-22)16-8-4-7-15-9-10-18(25-21(15)16)14-5-2-1-3-6-14/h1-10,13,24H,11-12H2,(H,23,26). The summed E-state index contributed by atoms with van der Waals surface area (Å²) in [6, 6.07) is 22.4. The number of para-hydroxylation sites is 1. The van der Waals surface area contributed by atoms with Crippen LogP contribution in [-0.4, -0.2) is 22.4 Å². The van der Waals surface area contributed by atoms with E-state index in [0.717, 1.165) is 51.1 Å². The molecule has 3 heterocycles. The maximum absolute atomic E-state index is 12.1. The van der Waals surface area contributed by atoms with E-state index in [-0.39, 0.29) is 5.91 Å². The van der Waals surface area contributed by atoms with E-state index in [1.54, 1.807) is 0 Å². The first-order chi connectivity index (χ1) is 12.8. The van der Waals surface area contributed by atoms with Crippen molar-refractivity contribution < 1.29 is 4.79 Å². The van der Waals surface area contributed by atoms with Crippen molar-refractivity contribution in [1.29, 1.82) is 0 Å². The second kappa shape index (κ2) is 5.85. The van der Waals surface area contributed by atoms with E-state index in [1.165, 1.54) is 0 Å². The average molecular weight is 339 g/mol. The molecule has 126 valence electrons. The van der Waals surface area contributed by atoms with Gasteiger partial charge in [-0.05, 0) is 12.1 Å². The third kappa shape index (κ3) is 2.39. The molecule has 1 aliphatic heterocycles. The summed E-state index contributed by atoms with van der Waals surface area (Å²) in [6.45, 7) is 0.678. The van der Waals surface area contributed by atoms with Gasteiger partial charge in [-0.25, -0.2) is 4.98 Å². The summed E-state index contributed by atoms with van der Waals surface area (Å²) in [4.78, 5) is 20.4. The predicted molar refractivity (Wildman–Crippen MR) is 103 cm³/mol. The summed E-state index contributed by atoms with van der Waals surface area (Å²) in [7, 11) is 0. The quantitative estimate of drug-likeness (QED) is 0.575. The van der Waals surface area contributed by atoms with E-state index in [2.05, 4.69) is 46.7 Å². The van der Waals surface area contributed by atoms with Crippen molar-refractivity contribution in [2.75, 3.05) is 6.54 Å². The number of carbonyl (C=O) groups is 1. The Kier molecular flexibility index (Phi) is 3.35. The molecule has 0 saturated carbocycles. The Morgan fingerprint density at radius 2 is 1.77 bits per heavy atom. The molecule has 0 aliphatic carbocycles. The van der Waals surface area contributed by atoms with Crippen LogP contribution in [0.25, 0.3) is 33.4 Å². The fourth-order valence-corrected chi connectivity index (χ4v) is 3.57. The maximum atomic E-state index is 12.1. The van der Waals surface area contributed by atoms with E-state index < -0.39 is 0 Å². The lowest BCUT2D eigenvalue weighted by Crippen LogP contribution is -2.31. The molecule has 2 N–H and O–H groups in total. The summed E-state index contributed by atoms with van der Waals surface area (Å²) in [5.41, 5.74) is 6.67. The number of benzene rings is 2. The molecule has 0 atom stereocenters. The fourth-order valence-electron chi connectivity index (χ4n) is 3.57. The van der Waals surface area contributed by atoms with Crippen LogP contribution in [0.5, 0.6) is 0 Å². The molecular weight excluding hydrogens is 322 g/mol. The molecular formula is C22H17N3O. The minimum atomic E-state index is -0.00748. The molecule has 1 amide bonds. The zero-order chi connectivity index (χ0) is 17.5. The zero-order valence-corrected chi connectivity index (χ0v) is 14.1. The first-order valence-electron chi connectivity index (χ1n) is 8.75. The number of pyridine rings is 1. The third-order valence-corrected chi connectivity index (χ3v) is 4.88. The molecule has 5 rings (SSSR count). The van der Waals surface area contributed by atoms with Crippen LogP contribution in [0.2, 0.25) is 0 Å². The van der Waals surface area contributed by atoms with Crippen molar-refractivity contribution in [3.05, 3.63) is 78.0 Å². The van der Waals surface area contributed by atoms with Crippen LogP contribution in [0.15, 0.2) is 66.7 Å². The van der Waals surface area contributed by atoms with Gasteiger partial charge >= 0.3 is 0 Å². The number of fused-ring (bicyclic) bond motifs is 2. The monoisotopic (exact) mass is 339 g/mol. The number of hydrogen-bond acceptors (Lipinski definition) is 2. The van der Waals surface area contributed by atoms with Crippen LogP contribution in [0.4, 0.5) is 0 Å². The molecule has 0 radical (unpaired) electrons. The van der Waals surface area contributed by atoms with Gasteiger partial charge in [0.2, 0.25) is 0 Å². The Morgan fingerprint density at radius 3 is 2.62 bits per heavy atom. The highest BCUT2D eigenvalue weighted by Gasteiger charge is 2.20. The summed E-state index contributed by atoms with van der Waals surface area (Å²) in [5, 5.41) is 3.98. The van der Waals surface area contributed by atoms with Crippen molar-refractivity contribution >= 4 is 16.8 Å². The van der Waals surface area contributed by atoms with Gasteiger partial charge in [-0.3, -0.25) is 4.79 Å². The second-order valence-corrected chi connectivity index (χ2v) is 6.52. The van der Waals surface area contributed by atoms with E-state index >= 15 is 0 Å². The van der Waals surface area contributed by atoms with Gasteiger partial charge in [0.05, 0.1) is 16.8 Å². The van der Waals surface area contributed by atoms with Gasteiger partial charge < -0.3 is 10.3 Å². The molecule has 0 unspecified atom stereocenters. The fraction of sp³-hybridized carbons (Fsp3) is 0.0909. The normalized spacial score (nSPS) is 13.5. The van der Waals surface area contributed by atoms with Crippen LogP contribution in [0.1, 0.15) is 16.1 Å². The zero-order valence-electron chi connectivity index (χ0n) is 14.1. The van der Waals surface area contributed by atoms with Gasteiger partial charge in [0.15, 0.2) is 0 Å². The SMILES string of the molecule is O=C1NCCc2[nH]c(-c3cccc4ccc(-c5ccccc5)nc34)cc21. The first kappa shape index (κ1) is 14.9. The predicted octanol–water partition coefficient (Wildman–Crippen LogP) is 4.18. The number of nitrogens with zero attached hydrogens (tertiary/aromatic N) is 1. The molecule has 4 nitrogen and oxygen atoms in total. The molecule has 2 aromatic heterocycles.